The highest BCUT2D eigenvalue weighted by atomic mass is 35.5. The number of nitrogens with zero attached hydrogens (tertiary/aromatic N) is 8. The molecule has 2 atom stereocenters. The molecule has 3 heterocycles. The van der Waals surface area contributed by atoms with Crippen molar-refractivity contribution in [2.75, 3.05) is 42.8 Å². The molecule has 1 saturated heterocycles. The van der Waals surface area contributed by atoms with Gasteiger partial charge in [-0.05, 0) is 31.4 Å². The predicted molar refractivity (Wildman–Crippen MR) is 138 cm³/mol. The van der Waals surface area contributed by atoms with Gasteiger partial charge < -0.3 is 30.3 Å². The van der Waals surface area contributed by atoms with Crippen molar-refractivity contribution >= 4 is 46.5 Å². The summed E-state index contributed by atoms with van der Waals surface area (Å²) in [6.45, 7) is 0.675. The Morgan fingerprint density at radius 3 is 2.74 bits per heavy atom. The van der Waals surface area contributed by atoms with Crippen LogP contribution in [-0.2, 0) is 4.74 Å². The van der Waals surface area contributed by atoms with E-state index in [1.165, 1.54) is 22.7 Å². The number of hydrogen-bond donors (Lipinski definition) is 3. The van der Waals surface area contributed by atoms with E-state index in [0.29, 0.717) is 46.4 Å². The van der Waals surface area contributed by atoms with Crippen LogP contribution in [0.25, 0.3) is 5.65 Å². The number of amides is 1. The van der Waals surface area contributed by atoms with Gasteiger partial charge in [-0.15, -0.1) is 5.10 Å². The zero-order chi connectivity index (χ0) is 27.0. The van der Waals surface area contributed by atoms with Gasteiger partial charge in [-0.3, -0.25) is 0 Å². The summed E-state index contributed by atoms with van der Waals surface area (Å²) in [5.41, 5.74) is 1.96. The molecule has 2 aromatic heterocycles. The lowest BCUT2D eigenvalue weighted by molar-refractivity contribution is 0.0434. The maximum absolute atomic E-state index is 11.9. The first-order valence-corrected chi connectivity index (χ1v) is 12.4. The number of methoxy groups -OCH3 is 1. The molecule has 2 unspecified atom stereocenters. The van der Waals surface area contributed by atoms with Crippen LogP contribution in [0.15, 0.2) is 18.3 Å². The molecule has 0 spiro atoms. The molecule has 13 nitrogen and oxygen atoms in total. The smallest absolute Gasteiger partial charge is 0.409 e. The summed E-state index contributed by atoms with van der Waals surface area (Å²) in [5, 5.41) is 41.1. The summed E-state index contributed by atoms with van der Waals surface area (Å²) in [6, 6.07) is 7.31. The Morgan fingerprint density at radius 1 is 1.29 bits per heavy atom. The quantitative estimate of drug-likeness (QED) is 0.423. The van der Waals surface area contributed by atoms with Gasteiger partial charge >= 0.3 is 6.09 Å². The van der Waals surface area contributed by atoms with E-state index in [1.807, 2.05) is 4.90 Å². The van der Waals surface area contributed by atoms with Crippen LogP contribution in [0.4, 0.5) is 27.9 Å². The average molecular weight is 537 g/mol. The third-order valence-corrected chi connectivity index (χ3v) is 7.07. The molecule has 1 aromatic carbocycles. The topological polar surface area (TPSA) is 168 Å². The number of β-amino-alcohol motifs (C(OH)–C–C–N with tert-alkyl or cyclic N) is 1. The number of fused-ring (bicyclic) bond motifs is 1. The molecule has 3 N–H and O–H groups in total. The highest BCUT2D eigenvalue weighted by molar-refractivity contribution is 6.36. The Hall–Kier alpha value is -4.33. The van der Waals surface area contributed by atoms with Crippen molar-refractivity contribution in [2.24, 2.45) is 0 Å². The van der Waals surface area contributed by atoms with Gasteiger partial charge in [0.15, 0.2) is 17.2 Å². The van der Waals surface area contributed by atoms with E-state index in [9.17, 15) is 20.4 Å². The van der Waals surface area contributed by atoms with Crippen LogP contribution >= 0.6 is 11.6 Å². The number of hydrogen-bond acceptors (Lipinski definition) is 11. The fourth-order valence-corrected chi connectivity index (χ4v) is 4.79. The van der Waals surface area contributed by atoms with E-state index >= 15 is 0 Å². The average Bonchev–Trinajstić information content (AvgIpc) is 3.64. The molecule has 1 saturated carbocycles. The monoisotopic (exact) mass is 536 g/mol. The number of nitriles is 2. The van der Waals surface area contributed by atoms with Crippen LogP contribution in [0.2, 0.25) is 5.02 Å². The van der Waals surface area contributed by atoms with Crippen molar-refractivity contribution in [3.05, 3.63) is 34.6 Å². The molecule has 14 heteroatoms. The zero-order valence-corrected chi connectivity index (χ0v) is 21.5. The van der Waals surface area contributed by atoms with Crippen LogP contribution < -0.4 is 15.5 Å². The van der Waals surface area contributed by atoms with E-state index in [1.54, 1.807) is 19.2 Å². The van der Waals surface area contributed by atoms with E-state index in [4.69, 9.17) is 16.3 Å². The highest BCUT2D eigenvalue weighted by Crippen LogP contribution is 2.37. The molecule has 0 radical (unpaired) electrons. The molecule has 1 amide bonds. The maximum atomic E-state index is 11.9. The summed E-state index contributed by atoms with van der Waals surface area (Å²) in [5.74, 6) is 0.649. The number of aliphatic hydroxyl groups is 1. The molecule has 38 heavy (non-hydrogen) atoms. The first-order valence-electron chi connectivity index (χ1n) is 12.0. The third-order valence-electron chi connectivity index (χ3n) is 6.67. The largest absolute Gasteiger partial charge is 0.453 e. The second-order valence-corrected chi connectivity index (χ2v) is 9.62. The molecule has 2 aliphatic rings. The number of rotatable bonds is 6. The van der Waals surface area contributed by atoms with Crippen LogP contribution in [0.1, 0.15) is 30.5 Å². The van der Waals surface area contributed by atoms with Crippen LogP contribution in [0.3, 0.4) is 0 Å². The number of benzene rings is 1. The number of ether oxygens (including phenoxy) is 1. The zero-order valence-electron chi connectivity index (χ0n) is 20.7. The van der Waals surface area contributed by atoms with Crippen molar-refractivity contribution in [1.29, 1.82) is 10.5 Å². The molecule has 1 aliphatic carbocycles. The second-order valence-electron chi connectivity index (χ2n) is 9.24. The van der Waals surface area contributed by atoms with Gasteiger partial charge in [-0.25, -0.2) is 9.78 Å². The SMILES string of the molecule is COC(=O)N(C)C1CCN(c2cc(C#N)cc(Nc3nc(NC4CC4)c4ncc(C#N)n4n3)c2Cl)CC1O. The Morgan fingerprint density at radius 2 is 2.08 bits per heavy atom. The number of carbonyl (C=O) groups excluding carboxylic acids is 1. The fourth-order valence-electron chi connectivity index (χ4n) is 4.51. The van der Waals surface area contributed by atoms with Gasteiger partial charge in [0.05, 0.1) is 53.5 Å². The predicted octanol–water partition coefficient (Wildman–Crippen LogP) is 2.48. The van der Waals surface area contributed by atoms with Crippen molar-refractivity contribution in [1.82, 2.24) is 24.5 Å². The Balaban J connectivity index is 1.45. The molecular weight excluding hydrogens is 512 g/mol. The van der Waals surface area contributed by atoms with Gasteiger partial charge in [-0.1, -0.05) is 11.6 Å². The number of anilines is 4. The van der Waals surface area contributed by atoms with Crippen LogP contribution in [-0.4, -0.2) is 81.1 Å². The number of piperidine rings is 1. The van der Waals surface area contributed by atoms with Gasteiger partial charge in [0.2, 0.25) is 5.95 Å². The van der Waals surface area contributed by atoms with Crippen LogP contribution in [0, 0.1) is 22.7 Å². The number of carbonyl (C=O) groups is 1. The maximum Gasteiger partial charge on any atom is 0.409 e. The lowest BCUT2D eigenvalue weighted by Crippen LogP contribution is -2.54. The van der Waals surface area contributed by atoms with Crippen molar-refractivity contribution < 1.29 is 14.6 Å². The number of aromatic nitrogens is 4. The van der Waals surface area contributed by atoms with E-state index in [2.05, 4.69) is 37.8 Å². The first kappa shape index (κ1) is 25.3. The summed E-state index contributed by atoms with van der Waals surface area (Å²) in [7, 11) is 2.88. The number of nitrogens with one attached hydrogen (secondary N) is 2. The minimum absolute atomic E-state index is 0.163. The lowest BCUT2D eigenvalue weighted by Gasteiger charge is -2.41. The van der Waals surface area contributed by atoms with Crippen molar-refractivity contribution in [3.63, 3.8) is 0 Å². The number of imidazole rings is 1. The number of likely N-dealkylation sites (N-methyl/N-ethyl adjacent to an activating group) is 1. The Kier molecular flexibility index (Phi) is 6.80. The minimum atomic E-state index is -0.862. The summed E-state index contributed by atoms with van der Waals surface area (Å²) >= 11 is 6.81. The number of aliphatic hydroxyl groups excluding tert-OH is 1. The summed E-state index contributed by atoms with van der Waals surface area (Å²) in [6.07, 6.45) is 2.54. The van der Waals surface area contributed by atoms with Crippen LogP contribution in [0.5, 0.6) is 0 Å². The highest BCUT2D eigenvalue weighted by Gasteiger charge is 2.34. The Labute approximate surface area is 223 Å². The van der Waals surface area contributed by atoms with Gasteiger partial charge in [0, 0.05) is 26.2 Å². The van der Waals surface area contributed by atoms with Gasteiger partial charge in [0.25, 0.3) is 0 Å². The van der Waals surface area contributed by atoms with Gasteiger partial charge in [-0.2, -0.15) is 20.0 Å². The van der Waals surface area contributed by atoms with Gasteiger partial charge in [0.1, 0.15) is 6.07 Å². The van der Waals surface area contributed by atoms with Crippen molar-refractivity contribution in [3.8, 4) is 12.1 Å². The second kappa shape index (κ2) is 10.2. The number of halogens is 1. The third kappa shape index (κ3) is 4.81. The van der Waals surface area contributed by atoms with E-state index in [-0.39, 0.29) is 24.2 Å². The molecular formula is C24H25ClN10O3. The molecule has 5 rings (SSSR count). The summed E-state index contributed by atoms with van der Waals surface area (Å²) in [4.78, 5) is 24.0. The molecule has 1 aliphatic heterocycles. The Bertz CT molecular complexity index is 1470. The standard InChI is InChI=1S/C24H25ClN10O3/c1-33(24(37)38-2)17-5-6-34(12-19(17)36)18-8-13(9-26)7-16(20(18)25)30-23-31-21(29-14-3-4-14)22-28-11-15(10-27)35(22)32-23/h7-8,11,14,17,19,36H,3-6,12H2,1-2H3,(H2,29,30,31,32). The van der Waals surface area contributed by atoms with Crippen molar-refractivity contribution in [2.45, 2.75) is 37.5 Å². The fraction of sp³-hybridized carbons (Fsp3) is 0.417. The molecule has 196 valence electrons. The normalized spacial score (nSPS) is 18.9. The molecule has 0 bridgehead atoms. The first-order chi connectivity index (χ1) is 18.3. The molecule has 2 fully saturated rings. The summed E-state index contributed by atoms with van der Waals surface area (Å²) < 4.78 is 6.18. The van der Waals surface area contributed by atoms with E-state index < -0.39 is 18.2 Å². The molecule has 3 aromatic rings. The minimum Gasteiger partial charge on any atom is -0.453 e. The van der Waals surface area contributed by atoms with E-state index in [0.717, 1.165) is 12.8 Å². The lowest BCUT2D eigenvalue weighted by atomic mass is 9.99.